The SMILES string of the molecule is NCC1(CC(=O)Nc2nc3c(s2)COCC3)CCCCC1. The van der Waals surface area contributed by atoms with E-state index in [0.717, 1.165) is 36.4 Å². The lowest BCUT2D eigenvalue weighted by molar-refractivity contribution is -0.118. The molecule has 1 saturated carbocycles. The number of amides is 1. The summed E-state index contributed by atoms with van der Waals surface area (Å²) in [5, 5.41) is 3.67. The maximum Gasteiger partial charge on any atom is 0.226 e. The molecule has 3 N–H and O–H groups in total. The number of fused-ring (bicyclic) bond motifs is 1. The zero-order valence-electron chi connectivity index (χ0n) is 12.3. The molecule has 116 valence electrons. The van der Waals surface area contributed by atoms with Gasteiger partial charge in [-0.1, -0.05) is 30.6 Å². The molecular weight excluding hydrogens is 286 g/mol. The van der Waals surface area contributed by atoms with Crippen LogP contribution in [0.5, 0.6) is 0 Å². The molecular formula is C15H23N3O2S. The van der Waals surface area contributed by atoms with Crippen molar-refractivity contribution in [3.05, 3.63) is 10.6 Å². The smallest absolute Gasteiger partial charge is 0.226 e. The van der Waals surface area contributed by atoms with Gasteiger partial charge in [-0.05, 0) is 24.8 Å². The molecule has 0 spiro atoms. The second kappa shape index (κ2) is 6.42. The van der Waals surface area contributed by atoms with Gasteiger partial charge in [0, 0.05) is 12.8 Å². The Morgan fingerprint density at radius 1 is 1.38 bits per heavy atom. The van der Waals surface area contributed by atoms with E-state index < -0.39 is 0 Å². The molecule has 0 bridgehead atoms. The average molecular weight is 309 g/mol. The van der Waals surface area contributed by atoms with Crippen LogP contribution in [0.1, 0.15) is 49.1 Å². The zero-order chi connectivity index (χ0) is 14.7. The third-order valence-electron chi connectivity index (χ3n) is 4.62. The van der Waals surface area contributed by atoms with E-state index in [4.69, 9.17) is 10.5 Å². The molecule has 0 saturated heterocycles. The second-order valence-corrected chi connectivity index (χ2v) is 7.26. The molecule has 1 fully saturated rings. The number of nitrogens with two attached hydrogens (primary N) is 1. The molecule has 1 aliphatic carbocycles. The van der Waals surface area contributed by atoms with E-state index in [0.29, 0.717) is 24.7 Å². The quantitative estimate of drug-likeness (QED) is 0.895. The highest BCUT2D eigenvalue weighted by molar-refractivity contribution is 7.15. The van der Waals surface area contributed by atoms with Crippen molar-refractivity contribution in [2.45, 2.75) is 51.6 Å². The number of aromatic nitrogens is 1. The molecule has 3 rings (SSSR count). The molecule has 6 heteroatoms. The van der Waals surface area contributed by atoms with Gasteiger partial charge in [0.2, 0.25) is 5.91 Å². The zero-order valence-corrected chi connectivity index (χ0v) is 13.1. The summed E-state index contributed by atoms with van der Waals surface area (Å²) in [6, 6.07) is 0. The molecule has 5 nitrogen and oxygen atoms in total. The van der Waals surface area contributed by atoms with Crippen LogP contribution in [0.25, 0.3) is 0 Å². The number of carbonyl (C=O) groups excluding carboxylic acids is 1. The summed E-state index contributed by atoms with van der Waals surface area (Å²) < 4.78 is 5.41. The lowest BCUT2D eigenvalue weighted by atomic mass is 9.72. The topological polar surface area (TPSA) is 77.2 Å². The van der Waals surface area contributed by atoms with Gasteiger partial charge in [-0.15, -0.1) is 0 Å². The summed E-state index contributed by atoms with van der Waals surface area (Å²) >= 11 is 1.53. The van der Waals surface area contributed by atoms with Crippen molar-refractivity contribution in [3.63, 3.8) is 0 Å². The van der Waals surface area contributed by atoms with Gasteiger partial charge in [0.25, 0.3) is 0 Å². The van der Waals surface area contributed by atoms with Gasteiger partial charge in [0.05, 0.1) is 23.8 Å². The highest BCUT2D eigenvalue weighted by atomic mass is 32.1. The summed E-state index contributed by atoms with van der Waals surface area (Å²) in [6.45, 7) is 1.94. The molecule has 2 heterocycles. The first-order valence-corrected chi connectivity index (χ1v) is 8.59. The molecule has 0 unspecified atom stereocenters. The molecule has 0 radical (unpaired) electrons. The van der Waals surface area contributed by atoms with Crippen LogP contribution in [0, 0.1) is 5.41 Å². The monoisotopic (exact) mass is 309 g/mol. The lowest BCUT2D eigenvalue weighted by Gasteiger charge is -2.35. The van der Waals surface area contributed by atoms with Gasteiger partial charge in [-0.25, -0.2) is 4.98 Å². The third-order valence-corrected chi connectivity index (χ3v) is 5.61. The van der Waals surface area contributed by atoms with Crippen molar-refractivity contribution in [2.24, 2.45) is 11.1 Å². The Bertz CT molecular complexity index is 486. The summed E-state index contributed by atoms with van der Waals surface area (Å²) in [7, 11) is 0. The Labute approximate surface area is 129 Å². The number of hydrogen-bond donors (Lipinski definition) is 2. The molecule has 1 amide bonds. The number of nitrogens with one attached hydrogen (secondary N) is 1. The maximum absolute atomic E-state index is 12.3. The predicted molar refractivity (Wildman–Crippen MR) is 83.3 cm³/mol. The van der Waals surface area contributed by atoms with Crippen molar-refractivity contribution in [1.82, 2.24) is 4.98 Å². The van der Waals surface area contributed by atoms with Gasteiger partial charge >= 0.3 is 0 Å². The van der Waals surface area contributed by atoms with Gasteiger partial charge in [-0.2, -0.15) is 0 Å². The number of ether oxygens (including phenoxy) is 1. The van der Waals surface area contributed by atoms with E-state index in [-0.39, 0.29) is 11.3 Å². The Morgan fingerprint density at radius 3 is 2.90 bits per heavy atom. The van der Waals surface area contributed by atoms with Crippen LogP contribution in [0.3, 0.4) is 0 Å². The van der Waals surface area contributed by atoms with Crippen LogP contribution < -0.4 is 11.1 Å². The predicted octanol–water partition coefficient (Wildman–Crippen LogP) is 2.45. The highest BCUT2D eigenvalue weighted by Crippen LogP contribution is 2.38. The molecule has 0 atom stereocenters. The van der Waals surface area contributed by atoms with Crippen molar-refractivity contribution < 1.29 is 9.53 Å². The molecule has 2 aliphatic rings. The molecule has 21 heavy (non-hydrogen) atoms. The molecule has 1 aliphatic heterocycles. The van der Waals surface area contributed by atoms with Crippen LogP contribution in [0.2, 0.25) is 0 Å². The van der Waals surface area contributed by atoms with Crippen molar-refractivity contribution in [1.29, 1.82) is 0 Å². The normalized spacial score (nSPS) is 20.8. The third kappa shape index (κ3) is 3.44. The summed E-state index contributed by atoms with van der Waals surface area (Å²) in [5.41, 5.74) is 7.03. The van der Waals surface area contributed by atoms with E-state index in [1.54, 1.807) is 0 Å². The minimum atomic E-state index is 0.00230. The van der Waals surface area contributed by atoms with E-state index in [2.05, 4.69) is 10.3 Å². The summed E-state index contributed by atoms with van der Waals surface area (Å²) in [5.74, 6) is 0.0503. The molecule has 1 aromatic rings. The molecule has 1 aromatic heterocycles. The first kappa shape index (κ1) is 14.9. The van der Waals surface area contributed by atoms with Crippen LogP contribution >= 0.6 is 11.3 Å². The van der Waals surface area contributed by atoms with Crippen LogP contribution in [0.4, 0.5) is 5.13 Å². The average Bonchev–Trinajstić information content (AvgIpc) is 2.90. The summed E-state index contributed by atoms with van der Waals surface area (Å²) in [6.07, 6.45) is 7.14. The second-order valence-electron chi connectivity index (χ2n) is 6.18. The standard InChI is InChI=1S/C15H23N3O2S/c16-10-15(5-2-1-3-6-15)8-13(19)18-14-17-11-4-7-20-9-12(11)21-14/h1-10,16H2,(H,17,18,19). The van der Waals surface area contributed by atoms with Gasteiger partial charge in [-0.3, -0.25) is 4.79 Å². The number of rotatable bonds is 4. The Balaban J connectivity index is 1.61. The first-order chi connectivity index (χ1) is 10.2. The number of hydrogen-bond acceptors (Lipinski definition) is 5. The van der Waals surface area contributed by atoms with Crippen molar-refractivity contribution >= 4 is 22.4 Å². The highest BCUT2D eigenvalue weighted by Gasteiger charge is 2.33. The van der Waals surface area contributed by atoms with E-state index in [9.17, 15) is 4.79 Å². The number of nitrogens with zero attached hydrogens (tertiary/aromatic N) is 1. The number of carbonyl (C=O) groups is 1. The van der Waals surface area contributed by atoms with E-state index in [1.165, 1.54) is 30.6 Å². The van der Waals surface area contributed by atoms with Crippen LogP contribution in [-0.4, -0.2) is 24.0 Å². The van der Waals surface area contributed by atoms with Crippen LogP contribution in [-0.2, 0) is 22.6 Å². The fourth-order valence-corrected chi connectivity index (χ4v) is 4.30. The largest absolute Gasteiger partial charge is 0.375 e. The summed E-state index contributed by atoms with van der Waals surface area (Å²) in [4.78, 5) is 18.0. The van der Waals surface area contributed by atoms with Crippen molar-refractivity contribution in [3.8, 4) is 0 Å². The van der Waals surface area contributed by atoms with Gasteiger partial charge in [0.15, 0.2) is 5.13 Å². The minimum absolute atomic E-state index is 0.00230. The van der Waals surface area contributed by atoms with E-state index in [1.807, 2.05) is 0 Å². The fraction of sp³-hybridized carbons (Fsp3) is 0.733. The minimum Gasteiger partial charge on any atom is -0.375 e. The van der Waals surface area contributed by atoms with Gasteiger partial charge < -0.3 is 15.8 Å². The van der Waals surface area contributed by atoms with Gasteiger partial charge in [0.1, 0.15) is 0 Å². The van der Waals surface area contributed by atoms with Crippen molar-refractivity contribution in [2.75, 3.05) is 18.5 Å². The Kier molecular flexibility index (Phi) is 4.57. The number of thiazole rings is 1. The fourth-order valence-electron chi connectivity index (χ4n) is 3.34. The first-order valence-electron chi connectivity index (χ1n) is 7.77. The molecule has 0 aromatic carbocycles. The Morgan fingerprint density at radius 2 is 2.19 bits per heavy atom. The number of anilines is 1. The van der Waals surface area contributed by atoms with Crippen LogP contribution in [0.15, 0.2) is 0 Å². The van der Waals surface area contributed by atoms with E-state index >= 15 is 0 Å². The Hall–Kier alpha value is -0.980. The maximum atomic E-state index is 12.3. The lowest BCUT2D eigenvalue weighted by Crippen LogP contribution is -2.36.